The minimum absolute atomic E-state index is 0.450. The van der Waals surface area contributed by atoms with E-state index >= 15 is 0 Å². The van der Waals surface area contributed by atoms with E-state index in [2.05, 4.69) is 24.1 Å². The molecule has 2 aromatic rings. The van der Waals surface area contributed by atoms with Gasteiger partial charge in [-0.15, -0.1) is 0 Å². The molecule has 0 fully saturated rings. The zero-order chi connectivity index (χ0) is 15.1. The standard InChI is InChI=1S/C17H22N2O2/c1-13(2)18-11-14-5-4-6-15(19-14)12-21-17-9-7-16(20-3)8-10-17/h4-10,13,18H,11-12H2,1-3H3. The van der Waals surface area contributed by atoms with Crippen LogP contribution in [0.3, 0.4) is 0 Å². The van der Waals surface area contributed by atoms with Gasteiger partial charge in [0.05, 0.1) is 18.5 Å². The molecule has 0 saturated heterocycles. The van der Waals surface area contributed by atoms with Gasteiger partial charge in [0.1, 0.15) is 18.1 Å². The lowest BCUT2D eigenvalue weighted by molar-refractivity contribution is 0.300. The van der Waals surface area contributed by atoms with Crippen LogP contribution in [0.5, 0.6) is 11.5 Å². The van der Waals surface area contributed by atoms with Crippen molar-refractivity contribution >= 4 is 0 Å². The molecule has 1 heterocycles. The van der Waals surface area contributed by atoms with Crippen LogP contribution < -0.4 is 14.8 Å². The highest BCUT2D eigenvalue weighted by Gasteiger charge is 2.01. The van der Waals surface area contributed by atoms with E-state index in [-0.39, 0.29) is 0 Å². The second-order valence-corrected chi connectivity index (χ2v) is 5.12. The van der Waals surface area contributed by atoms with Crippen molar-refractivity contribution in [1.29, 1.82) is 0 Å². The molecule has 0 unspecified atom stereocenters. The van der Waals surface area contributed by atoms with E-state index in [1.165, 1.54) is 0 Å². The second-order valence-electron chi connectivity index (χ2n) is 5.12. The Balaban J connectivity index is 1.91. The average molecular weight is 286 g/mol. The van der Waals surface area contributed by atoms with Crippen LogP contribution in [0.4, 0.5) is 0 Å². The van der Waals surface area contributed by atoms with Gasteiger partial charge in [-0.1, -0.05) is 19.9 Å². The van der Waals surface area contributed by atoms with Gasteiger partial charge in [-0.3, -0.25) is 4.98 Å². The van der Waals surface area contributed by atoms with Crippen molar-refractivity contribution in [1.82, 2.24) is 10.3 Å². The maximum Gasteiger partial charge on any atom is 0.130 e. The second kappa shape index (κ2) is 7.64. The maximum absolute atomic E-state index is 5.73. The largest absolute Gasteiger partial charge is 0.497 e. The Kier molecular flexibility index (Phi) is 5.58. The van der Waals surface area contributed by atoms with Crippen LogP contribution in [0.1, 0.15) is 25.2 Å². The van der Waals surface area contributed by atoms with E-state index in [9.17, 15) is 0 Å². The van der Waals surface area contributed by atoms with Crippen LogP contribution in [0.15, 0.2) is 42.5 Å². The summed E-state index contributed by atoms with van der Waals surface area (Å²) in [6.07, 6.45) is 0. The van der Waals surface area contributed by atoms with E-state index < -0.39 is 0 Å². The summed E-state index contributed by atoms with van der Waals surface area (Å²) in [5.41, 5.74) is 1.95. The van der Waals surface area contributed by atoms with Gasteiger partial charge >= 0.3 is 0 Å². The maximum atomic E-state index is 5.73. The van der Waals surface area contributed by atoms with Gasteiger partial charge in [0.15, 0.2) is 0 Å². The Morgan fingerprint density at radius 1 is 1.00 bits per heavy atom. The van der Waals surface area contributed by atoms with Crippen molar-refractivity contribution in [2.24, 2.45) is 0 Å². The third-order valence-electron chi connectivity index (χ3n) is 3.00. The highest BCUT2D eigenvalue weighted by atomic mass is 16.5. The van der Waals surface area contributed by atoms with E-state index in [4.69, 9.17) is 9.47 Å². The van der Waals surface area contributed by atoms with Crippen molar-refractivity contribution in [3.05, 3.63) is 53.9 Å². The zero-order valence-corrected chi connectivity index (χ0v) is 12.8. The van der Waals surface area contributed by atoms with Crippen LogP contribution in [-0.2, 0) is 13.2 Å². The summed E-state index contributed by atoms with van der Waals surface area (Å²) in [7, 11) is 1.65. The fourth-order valence-corrected chi connectivity index (χ4v) is 1.85. The molecule has 0 radical (unpaired) electrons. The SMILES string of the molecule is COc1ccc(OCc2cccc(CNC(C)C)n2)cc1. The molecule has 1 aromatic heterocycles. The fraction of sp³-hybridized carbons (Fsp3) is 0.353. The first kappa shape index (κ1) is 15.3. The Bertz CT molecular complexity index is 553. The Morgan fingerprint density at radius 2 is 1.67 bits per heavy atom. The first-order valence-corrected chi connectivity index (χ1v) is 7.12. The van der Waals surface area contributed by atoms with Crippen LogP contribution >= 0.6 is 0 Å². The summed E-state index contributed by atoms with van der Waals surface area (Å²) in [5.74, 6) is 1.63. The van der Waals surface area contributed by atoms with Crippen molar-refractivity contribution in [3.63, 3.8) is 0 Å². The van der Waals surface area contributed by atoms with Crippen LogP contribution in [0.2, 0.25) is 0 Å². The molecule has 1 aromatic carbocycles. The molecule has 4 heteroatoms. The number of ether oxygens (including phenoxy) is 2. The molecule has 0 aliphatic carbocycles. The molecule has 112 valence electrons. The Labute approximate surface area is 126 Å². The predicted molar refractivity (Wildman–Crippen MR) is 83.5 cm³/mol. The fourth-order valence-electron chi connectivity index (χ4n) is 1.85. The number of rotatable bonds is 7. The lowest BCUT2D eigenvalue weighted by atomic mass is 10.3. The van der Waals surface area contributed by atoms with Gasteiger partial charge in [0.2, 0.25) is 0 Å². The van der Waals surface area contributed by atoms with Gasteiger partial charge in [0, 0.05) is 12.6 Å². The lowest BCUT2D eigenvalue weighted by Crippen LogP contribution is -2.22. The van der Waals surface area contributed by atoms with E-state index in [1.807, 2.05) is 42.5 Å². The first-order chi connectivity index (χ1) is 10.2. The third kappa shape index (κ3) is 5.08. The van der Waals surface area contributed by atoms with Crippen molar-refractivity contribution in [2.45, 2.75) is 33.0 Å². The lowest BCUT2D eigenvalue weighted by Gasteiger charge is -2.10. The monoisotopic (exact) mass is 286 g/mol. The molecule has 0 amide bonds. The highest BCUT2D eigenvalue weighted by molar-refractivity contribution is 5.31. The molecular formula is C17H22N2O2. The number of methoxy groups -OCH3 is 1. The topological polar surface area (TPSA) is 43.4 Å². The summed E-state index contributed by atoms with van der Waals surface area (Å²) in [4.78, 5) is 4.58. The van der Waals surface area contributed by atoms with Gasteiger partial charge in [-0.25, -0.2) is 0 Å². The molecule has 0 bridgehead atoms. The summed E-state index contributed by atoms with van der Waals surface area (Å²) < 4.78 is 10.9. The number of pyridine rings is 1. The number of hydrogen-bond acceptors (Lipinski definition) is 4. The van der Waals surface area contributed by atoms with E-state index in [0.717, 1.165) is 29.4 Å². The first-order valence-electron chi connectivity index (χ1n) is 7.12. The quantitative estimate of drug-likeness (QED) is 0.849. The zero-order valence-electron chi connectivity index (χ0n) is 12.8. The van der Waals surface area contributed by atoms with Gasteiger partial charge < -0.3 is 14.8 Å². The van der Waals surface area contributed by atoms with Crippen LogP contribution in [0, 0.1) is 0 Å². The molecular weight excluding hydrogens is 264 g/mol. The molecule has 21 heavy (non-hydrogen) atoms. The van der Waals surface area contributed by atoms with Crippen LogP contribution in [-0.4, -0.2) is 18.1 Å². The number of aromatic nitrogens is 1. The number of nitrogens with zero attached hydrogens (tertiary/aromatic N) is 1. The molecule has 1 N–H and O–H groups in total. The minimum atomic E-state index is 0.450. The Morgan fingerprint density at radius 3 is 2.33 bits per heavy atom. The number of nitrogens with one attached hydrogen (secondary N) is 1. The number of hydrogen-bond donors (Lipinski definition) is 1. The summed E-state index contributed by atoms with van der Waals surface area (Å²) in [6.45, 7) is 5.48. The Hall–Kier alpha value is -2.07. The van der Waals surface area contributed by atoms with Gasteiger partial charge in [-0.2, -0.15) is 0 Å². The van der Waals surface area contributed by atoms with E-state index in [1.54, 1.807) is 7.11 Å². The summed E-state index contributed by atoms with van der Waals surface area (Å²) in [6, 6.07) is 14.0. The molecule has 4 nitrogen and oxygen atoms in total. The predicted octanol–water partition coefficient (Wildman–Crippen LogP) is 3.17. The van der Waals surface area contributed by atoms with Crippen molar-refractivity contribution < 1.29 is 9.47 Å². The van der Waals surface area contributed by atoms with E-state index in [0.29, 0.717) is 12.6 Å². The van der Waals surface area contributed by atoms with Gasteiger partial charge in [-0.05, 0) is 36.4 Å². The molecule has 2 rings (SSSR count). The molecule has 0 aliphatic rings. The molecule has 0 aliphatic heterocycles. The van der Waals surface area contributed by atoms with Crippen LogP contribution in [0.25, 0.3) is 0 Å². The molecule has 0 atom stereocenters. The van der Waals surface area contributed by atoms with Crippen molar-refractivity contribution in [2.75, 3.05) is 7.11 Å². The summed E-state index contributed by atoms with van der Waals surface area (Å²) in [5, 5.41) is 3.36. The molecule has 0 spiro atoms. The smallest absolute Gasteiger partial charge is 0.130 e. The number of benzene rings is 1. The third-order valence-corrected chi connectivity index (χ3v) is 3.00. The van der Waals surface area contributed by atoms with Crippen molar-refractivity contribution in [3.8, 4) is 11.5 Å². The molecule has 0 saturated carbocycles. The van der Waals surface area contributed by atoms with Gasteiger partial charge in [0.25, 0.3) is 0 Å². The minimum Gasteiger partial charge on any atom is -0.497 e. The summed E-state index contributed by atoms with van der Waals surface area (Å²) >= 11 is 0. The normalized spacial score (nSPS) is 10.7. The highest BCUT2D eigenvalue weighted by Crippen LogP contribution is 2.17. The average Bonchev–Trinajstić information content (AvgIpc) is 2.52.